The molecule has 0 saturated heterocycles. The van der Waals surface area contributed by atoms with E-state index in [1.807, 2.05) is 0 Å². The van der Waals surface area contributed by atoms with Crippen molar-refractivity contribution in [2.24, 2.45) is 16.5 Å². The van der Waals surface area contributed by atoms with Crippen LogP contribution in [0.2, 0.25) is 0 Å². The predicted molar refractivity (Wildman–Crippen MR) is 66.4 cm³/mol. The zero-order chi connectivity index (χ0) is 13.4. The third-order valence-corrected chi connectivity index (χ3v) is 3.85. The lowest BCUT2D eigenvalue weighted by atomic mass is 9.65. The summed E-state index contributed by atoms with van der Waals surface area (Å²) in [5, 5.41) is 12.7. The van der Waals surface area contributed by atoms with Gasteiger partial charge in [0.15, 0.2) is 0 Å². The Morgan fingerprint density at radius 2 is 2.00 bits per heavy atom. The van der Waals surface area contributed by atoms with Crippen LogP contribution >= 0.6 is 0 Å². The van der Waals surface area contributed by atoms with Gasteiger partial charge in [0, 0.05) is 0 Å². The molecule has 18 heavy (non-hydrogen) atoms. The molecule has 0 aromatic rings. The number of ether oxygens (including phenoxy) is 1. The molecular weight excluding hydrogens is 234 g/mol. The fourth-order valence-corrected chi connectivity index (χ4v) is 3.32. The molecule has 1 unspecified atom stereocenters. The topological polar surface area (TPSA) is 68.1 Å². The molecule has 2 aliphatic rings. The zero-order valence-corrected chi connectivity index (χ0v) is 11.2. The van der Waals surface area contributed by atoms with E-state index in [0.717, 1.165) is 25.7 Å². The van der Waals surface area contributed by atoms with Crippen LogP contribution in [0, 0.1) is 11.3 Å². The van der Waals surface area contributed by atoms with Gasteiger partial charge in [0.1, 0.15) is 5.60 Å². The van der Waals surface area contributed by atoms with Gasteiger partial charge in [-0.2, -0.15) is 0 Å². The second-order valence-corrected chi connectivity index (χ2v) is 6.31. The van der Waals surface area contributed by atoms with E-state index in [1.165, 1.54) is 6.42 Å². The summed E-state index contributed by atoms with van der Waals surface area (Å²) >= 11 is 0. The first-order valence-electron chi connectivity index (χ1n) is 6.52. The first-order chi connectivity index (χ1) is 8.35. The van der Waals surface area contributed by atoms with Crippen LogP contribution in [0.4, 0.5) is 4.79 Å². The molecule has 1 heterocycles. The Morgan fingerprint density at radius 1 is 1.39 bits per heavy atom. The Bertz CT molecular complexity index is 364. The summed E-state index contributed by atoms with van der Waals surface area (Å²) in [5.74, 6) is 0.123. The summed E-state index contributed by atoms with van der Waals surface area (Å²) in [5.41, 5.74) is -0.497. The minimum absolute atomic E-state index is 0.0959. The minimum Gasteiger partial charge on any atom is -0.449 e. The van der Waals surface area contributed by atoms with E-state index in [9.17, 15) is 4.79 Å². The second kappa shape index (κ2) is 4.44. The van der Waals surface area contributed by atoms with Gasteiger partial charge in [-0.3, -0.25) is 0 Å². The van der Waals surface area contributed by atoms with Crippen LogP contribution in [0.3, 0.4) is 0 Å². The Kier molecular flexibility index (Phi) is 3.25. The Morgan fingerprint density at radius 3 is 2.50 bits per heavy atom. The zero-order valence-electron chi connectivity index (χ0n) is 11.2. The summed E-state index contributed by atoms with van der Waals surface area (Å²) in [6.45, 7) is 6.22. The average molecular weight is 255 g/mol. The van der Waals surface area contributed by atoms with Crippen molar-refractivity contribution in [1.29, 1.82) is 0 Å². The molecule has 0 aromatic carbocycles. The summed E-state index contributed by atoms with van der Waals surface area (Å²) in [6, 6.07) is 0. The lowest BCUT2D eigenvalue weighted by Gasteiger charge is -2.41. The Labute approximate surface area is 107 Å². The summed E-state index contributed by atoms with van der Waals surface area (Å²) in [6.07, 6.45) is 3.93. The van der Waals surface area contributed by atoms with Gasteiger partial charge in [-0.25, -0.2) is 4.79 Å². The van der Waals surface area contributed by atoms with Crippen LogP contribution in [0.5, 0.6) is 0 Å². The maximum absolute atomic E-state index is 10.7. The van der Waals surface area contributed by atoms with Crippen LogP contribution in [0.15, 0.2) is 5.16 Å². The highest BCUT2D eigenvalue weighted by atomic mass is 16.7. The molecule has 0 bridgehead atoms. The third-order valence-electron chi connectivity index (χ3n) is 3.85. The van der Waals surface area contributed by atoms with Crippen molar-refractivity contribution in [3.05, 3.63) is 0 Å². The van der Waals surface area contributed by atoms with Crippen LogP contribution in [0.25, 0.3) is 0 Å². The standard InChI is InChI=1S/C13H21NO4/c1-12(2,3)9-10(17-11(15)16)14-18-13(9)7-5-4-6-8-13/h9H,4-8H2,1-3H3,(H,15,16). The van der Waals surface area contributed by atoms with Gasteiger partial charge in [-0.05, 0) is 31.1 Å². The first kappa shape index (κ1) is 13.2. The van der Waals surface area contributed by atoms with Crippen LogP contribution in [-0.2, 0) is 9.57 Å². The molecular formula is C13H21NO4. The van der Waals surface area contributed by atoms with Crippen molar-refractivity contribution in [3.8, 4) is 0 Å². The van der Waals surface area contributed by atoms with Crippen molar-refractivity contribution >= 4 is 12.1 Å². The number of oxime groups is 1. The number of rotatable bonds is 0. The molecule has 1 fully saturated rings. The highest BCUT2D eigenvalue weighted by Gasteiger charge is 2.55. The quantitative estimate of drug-likeness (QED) is 0.674. The number of hydrogen-bond donors (Lipinski definition) is 1. The molecule has 5 heteroatoms. The normalized spacial score (nSPS) is 26.6. The number of carboxylic acid groups (broad SMARTS) is 1. The fourth-order valence-electron chi connectivity index (χ4n) is 3.32. The molecule has 1 N–H and O–H groups in total. The second-order valence-electron chi connectivity index (χ2n) is 6.31. The summed E-state index contributed by atoms with van der Waals surface area (Å²) < 4.78 is 4.82. The van der Waals surface area contributed by atoms with Crippen molar-refractivity contribution in [2.45, 2.75) is 58.5 Å². The monoisotopic (exact) mass is 255 g/mol. The van der Waals surface area contributed by atoms with Crippen molar-refractivity contribution < 1.29 is 19.5 Å². The van der Waals surface area contributed by atoms with Gasteiger partial charge in [0.25, 0.3) is 0 Å². The van der Waals surface area contributed by atoms with Crippen LogP contribution in [-0.4, -0.2) is 22.8 Å². The van der Waals surface area contributed by atoms with Gasteiger partial charge < -0.3 is 14.7 Å². The van der Waals surface area contributed by atoms with Gasteiger partial charge in [0.2, 0.25) is 5.90 Å². The lowest BCUT2D eigenvalue weighted by Crippen LogP contribution is -2.48. The smallest absolute Gasteiger partial charge is 0.449 e. The molecule has 0 aromatic heterocycles. The van der Waals surface area contributed by atoms with E-state index >= 15 is 0 Å². The molecule has 1 aliphatic heterocycles. The van der Waals surface area contributed by atoms with Crippen LogP contribution in [0.1, 0.15) is 52.9 Å². The molecule has 1 saturated carbocycles. The molecule has 2 rings (SSSR count). The molecule has 5 nitrogen and oxygen atoms in total. The number of carbonyl (C=O) groups is 1. The molecule has 1 aliphatic carbocycles. The molecule has 0 radical (unpaired) electrons. The van der Waals surface area contributed by atoms with E-state index in [1.54, 1.807) is 0 Å². The van der Waals surface area contributed by atoms with Gasteiger partial charge in [-0.1, -0.05) is 32.3 Å². The van der Waals surface area contributed by atoms with E-state index in [0.29, 0.717) is 0 Å². The van der Waals surface area contributed by atoms with Gasteiger partial charge in [-0.15, -0.1) is 0 Å². The maximum atomic E-state index is 10.7. The maximum Gasteiger partial charge on any atom is 0.512 e. The predicted octanol–water partition coefficient (Wildman–Crippen LogP) is 3.39. The van der Waals surface area contributed by atoms with E-state index in [2.05, 4.69) is 25.9 Å². The molecule has 1 spiro atoms. The van der Waals surface area contributed by atoms with Gasteiger partial charge in [0.05, 0.1) is 5.92 Å². The first-order valence-corrected chi connectivity index (χ1v) is 6.52. The van der Waals surface area contributed by atoms with Crippen molar-refractivity contribution in [2.75, 3.05) is 0 Å². The summed E-state index contributed by atoms with van der Waals surface area (Å²) in [4.78, 5) is 16.4. The van der Waals surface area contributed by atoms with Crippen molar-refractivity contribution in [3.63, 3.8) is 0 Å². The van der Waals surface area contributed by atoms with E-state index < -0.39 is 6.16 Å². The number of hydrogen-bond acceptors (Lipinski definition) is 4. The SMILES string of the molecule is CC(C)(C)C1C(OC(=O)O)=NOC12CCCCC2. The lowest BCUT2D eigenvalue weighted by molar-refractivity contribution is -0.0920. The van der Waals surface area contributed by atoms with Crippen LogP contribution < -0.4 is 0 Å². The molecule has 1 atom stereocenters. The van der Waals surface area contributed by atoms with Crippen molar-refractivity contribution in [1.82, 2.24) is 0 Å². The molecule has 102 valence electrons. The fraction of sp³-hybridized carbons (Fsp3) is 0.846. The Hall–Kier alpha value is -1.26. The Balaban J connectivity index is 2.27. The average Bonchev–Trinajstić information content (AvgIpc) is 2.56. The minimum atomic E-state index is -1.32. The van der Waals surface area contributed by atoms with E-state index in [-0.39, 0.29) is 22.8 Å². The number of nitrogens with zero attached hydrogens (tertiary/aromatic N) is 1. The van der Waals surface area contributed by atoms with Gasteiger partial charge >= 0.3 is 6.16 Å². The highest BCUT2D eigenvalue weighted by Crippen LogP contribution is 2.49. The van der Waals surface area contributed by atoms with E-state index in [4.69, 9.17) is 14.7 Å². The third kappa shape index (κ3) is 2.31. The largest absolute Gasteiger partial charge is 0.512 e. The summed E-state index contributed by atoms with van der Waals surface area (Å²) in [7, 11) is 0. The highest BCUT2D eigenvalue weighted by molar-refractivity contribution is 5.89. The molecule has 0 amide bonds.